The van der Waals surface area contributed by atoms with Crippen molar-refractivity contribution in [1.29, 1.82) is 5.26 Å². The maximum Gasteiger partial charge on any atom is 0.271 e. The van der Waals surface area contributed by atoms with Crippen LogP contribution in [0.25, 0.3) is 0 Å². The molecular formula is C18H15N3O2S2. The molecule has 1 aromatic heterocycles. The van der Waals surface area contributed by atoms with Crippen molar-refractivity contribution < 1.29 is 8.42 Å². The molecule has 0 aliphatic heterocycles. The summed E-state index contributed by atoms with van der Waals surface area (Å²) in [4.78, 5) is 0.941. The van der Waals surface area contributed by atoms with Crippen LogP contribution in [-0.4, -0.2) is 8.42 Å². The van der Waals surface area contributed by atoms with E-state index in [-0.39, 0.29) is 4.21 Å². The number of hydrogen-bond donors (Lipinski definition) is 2. The second kappa shape index (κ2) is 6.97. The van der Waals surface area contributed by atoms with Crippen LogP contribution in [0.15, 0.2) is 64.9 Å². The van der Waals surface area contributed by atoms with Crippen LogP contribution >= 0.6 is 11.3 Å². The molecular weight excluding hydrogens is 354 g/mol. The van der Waals surface area contributed by atoms with Gasteiger partial charge in [-0.15, -0.1) is 11.3 Å². The zero-order valence-electron chi connectivity index (χ0n) is 13.4. The summed E-state index contributed by atoms with van der Waals surface area (Å²) >= 11 is 1.23. The molecule has 0 atom stereocenters. The predicted molar refractivity (Wildman–Crippen MR) is 101 cm³/mol. The van der Waals surface area contributed by atoms with Crippen LogP contribution in [0.5, 0.6) is 0 Å². The van der Waals surface area contributed by atoms with Crippen molar-refractivity contribution in [2.45, 2.75) is 11.1 Å². The normalized spacial score (nSPS) is 10.9. The van der Waals surface area contributed by atoms with E-state index in [1.165, 1.54) is 11.3 Å². The van der Waals surface area contributed by atoms with Gasteiger partial charge in [-0.1, -0.05) is 12.1 Å². The van der Waals surface area contributed by atoms with Crippen LogP contribution < -0.4 is 10.0 Å². The molecule has 0 radical (unpaired) electrons. The first-order chi connectivity index (χ1) is 12.0. The number of thiophene rings is 1. The summed E-state index contributed by atoms with van der Waals surface area (Å²) in [5, 5.41) is 12.3. The average molecular weight is 369 g/mol. The predicted octanol–water partition coefficient (Wildman–Crippen LogP) is 4.47. The molecule has 3 aromatic rings. The number of nitriles is 1. The van der Waals surface area contributed by atoms with E-state index in [0.29, 0.717) is 16.9 Å². The number of aryl methyl sites for hydroxylation is 1. The van der Waals surface area contributed by atoms with Gasteiger partial charge in [-0.05, 0) is 55.5 Å². The number of rotatable bonds is 5. The van der Waals surface area contributed by atoms with Gasteiger partial charge in [-0.25, -0.2) is 8.42 Å². The number of hydrogen-bond acceptors (Lipinski definition) is 5. The molecule has 0 spiro atoms. The summed E-state index contributed by atoms with van der Waals surface area (Å²) < 4.78 is 27.5. The van der Waals surface area contributed by atoms with E-state index in [1.54, 1.807) is 48.5 Å². The number of nitrogens with zero attached hydrogens (tertiary/aromatic N) is 1. The Hall–Kier alpha value is -2.82. The molecule has 3 rings (SSSR count). The zero-order chi connectivity index (χ0) is 17.9. The Morgan fingerprint density at radius 2 is 1.64 bits per heavy atom. The van der Waals surface area contributed by atoms with Crippen molar-refractivity contribution in [2.75, 3.05) is 10.0 Å². The Morgan fingerprint density at radius 1 is 0.960 bits per heavy atom. The van der Waals surface area contributed by atoms with Gasteiger partial charge in [-0.2, -0.15) is 5.26 Å². The molecule has 0 bridgehead atoms. The van der Waals surface area contributed by atoms with E-state index in [0.717, 1.165) is 10.6 Å². The first-order valence-corrected chi connectivity index (χ1v) is 9.73. The van der Waals surface area contributed by atoms with E-state index in [4.69, 9.17) is 5.26 Å². The van der Waals surface area contributed by atoms with Gasteiger partial charge in [-0.3, -0.25) is 4.72 Å². The molecule has 2 N–H and O–H groups in total. The van der Waals surface area contributed by atoms with Crippen LogP contribution in [-0.2, 0) is 10.0 Å². The fourth-order valence-corrected chi connectivity index (χ4v) is 4.57. The lowest BCUT2D eigenvalue weighted by atomic mass is 10.2. The monoisotopic (exact) mass is 369 g/mol. The fourth-order valence-electron chi connectivity index (χ4n) is 2.23. The maximum atomic E-state index is 12.3. The van der Waals surface area contributed by atoms with Crippen molar-refractivity contribution in [1.82, 2.24) is 0 Å². The Balaban J connectivity index is 1.76. The van der Waals surface area contributed by atoms with E-state index >= 15 is 0 Å². The molecule has 25 heavy (non-hydrogen) atoms. The highest BCUT2D eigenvalue weighted by molar-refractivity contribution is 7.94. The van der Waals surface area contributed by atoms with Crippen LogP contribution in [0, 0.1) is 18.3 Å². The van der Waals surface area contributed by atoms with Gasteiger partial charge in [0.05, 0.1) is 11.3 Å². The maximum absolute atomic E-state index is 12.3. The quantitative estimate of drug-likeness (QED) is 0.695. The van der Waals surface area contributed by atoms with Gasteiger partial charge >= 0.3 is 0 Å². The molecule has 0 fully saturated rings. The van der Waals surface area contributed by atoms with E-state index in [9.17, 15) is 8.42 Å². The Kier molecular flexibility index (Phi) is 4.74. The van der Waals surface area contributed by atoms with Crippen LogP contribution in [0.3, 0.4) is 0 Å². The molecule has 5 nitrogen and oxygen atoms in total. The van der Waals surface area contributed by atoms with Crippen molar-refractivity contribution in [2.24, 2.45) is 0 Å². The second-order valence-electron chi connectivity index (χ2n) is 5.33. The van der Waals surface area contributed by atoms with E-state index < -0.39 is 10.0 Å². The summed E-state index contributed by atoms with van der Waals surface area (Å²) in [5.41, 5.74) is 2.48. The second-order valence-corrected chi connectivity index (χ2v) is 8.53. The highest BCUT2D eigenvalue weighted by Gasteiger charge is 2.16. The van der Waals surface area contributed by atoms with Gasteiger partial charge in [0, 0.05) is 16.3 Å². The van der Waals surface area contributed by atoms with Gasteiger partial charge in [0.15, 0.2) is 0 Å². The minimum Gasteiger partial charge on any atom is -0.354 e. The first kappa shape index (κ1) is 17.0. The van der Waals surface area contributed by atoms with Gasteiger partial charge in [0.25, 0.3) is 10.0 Å². The summed E-state index contributed by atoms with van der Waals surface area (Å²) in [6.07, 6.45) is 0. The Labute approximate surface area is 150 Å². The third-order valence-corrected chi connectivity index (χ3v) is 6.32. The van der Waals surface area contributed by atoms with Crippen molar-refractivity contribution >= 4 is 38.4 Å². The number of para-hydroxylation sites is 1. The number of benzene rings is 2. The molecule has 7 heteroatoms. The molecule has 126 valence electrons. The van der Waals surface area contributed by atoms with E-state index in [1.807, 2.05) is 19.1 Å². The lowest BCUT2D eigenvalue weighted by Crippen LogP contribution is -2.11. The summed E-state index contributed by atoms with van der Waals surface area (Å²) in [5.74, 6) is 0. The lowest BCUT2D eigenvalue weighted by Gasteiger charge is -2.10. The van der Waals surface area contributed by atoms with Crippen molar-refractivity contribution in [3.05, 3.63) is 71.1 Å². The largest absolute Gasteiger partial charge is 0.354 e. The Morgan fingerprint density at radius 3 is 2.28 bits per heavy atom. The molecule has 0 aliphatic rings. The molecule has 0 aliphatic carbocycles. The first-order valence-electron chi connectivity index (χ1n) is 7.43. The standard InChI is InChI=1S/C18H15N3O2S2/c1-13-6-11-18(24-13)25(22,23)21-16-9-7-15(8-10-16)20-17-5-3-2-4-14(17)12-19/h2-11,20-21H,1H3. The fraction of sp³-hybridized carbons (Fsp3) is 0.0556. The molecule has 0 amide bonds. The van der Waals surface area contributed by atoms with Crippen LogP contribution in [0.1, 0.15) is 10.4 Å². The van der Waals surface area contributed by atoms with Crippen LogP contribution in [0.4, 0.5) is 17.1 Å². The van der Waals surface area contributed by atoms with Gasteiger partial charge in [0.2, 0.25) is 0 Å². The van der Waals surface area contributed by atoms with Crippen molar-refractivity contribution in [3.63, 3.8) is 0 Å². The summed E-state index contributed by atoms with van der Waals surface area (Å²) in [6.45, 7) is 1.86. The topological polar surface area (TPSA) is 82.0 Å². The third-order valence-electron chi connectivity index (χ3n) is 3.44. The molecule has 2 aromatic carbocycles. The number of nitrogens with one attached hydrogen (secondary N) is 2. The molecule has 1 heterocycles. The van der Waals surface area contributed by atoms with E-state index in [2.05, 4.69) is 16.1 Å². The average Bonchev–Trinajstić information content (AvgIpc) is 3.04. The zero-order valence-corrected chi connectivity index (χ0v) is 15.0. The van der Waals surface area contributed by atoms with Gasteiger partial charge < -0.3 is 5.32 Å². The summed E-state index contributed by atoms with van der Waals surface area (Å²) in [6, 6.07) is 19.5. The highest BCUT2D eigenvalue weighted by atomic mass is 32.2. The summed E-state index contributed by atoms with van der Waals surface area (Å²) in [7, 11) is -3.57. The minimum absolute atomic E-state index is 0.287. The van der Waals surface area contributed by atoms with Gasteiger partial charge in [0.1, 0.15) is 10.3 Å². The Bertz CT molecular complexity index is 1030. The smallest absolute Gasteiger partial charge is 0.271 e. The van der Waals surface area contributed by atoms with Crippen LogP contribution in [0.2, 0.25) is 0 Å². The SMILES string of the molecule is Cc1ccc(S(=O)(=O)Nc2ccc(Nc3ccccc3C#N)cc2)s1. The van der Waals surface area contributed by atoms with Crippen molar-refractivity contribution in [3.8, 4) is 6.07 Å². The lowest BCUT2D eigenvalue weighted by molar-refractivity contribution is 0.603. The highest BCUT2D eigenvalue weighted by Crippen LogP contribution is 2.25. The number of sulfonamides is 1. The molecule has 0 saturated carbocycles. The minimum atomic E-state index is -3.57. The molecule has 0 saturated heterocycles. The third kappa shape index (κ3) is 3.99. The number of anilines is 3. The molecule has 0 unspecified atom stereocenters.